The predicted molar refractivity (Wildman–Crippen MR) is 81.1 cm³/mol. The maximum absolute atomic E-state index is 4.46. The van der Waals surface area contributed by atoms with Gasteiger partial charge in [-0.15, -0.1) is 0 Å². The highest BCUT2D eigenvalue weighted by Gasteiger charge is 2.20. The van der Waals surface area contributed by atoms with Gasteiger partial charge in [-0.25, -0.2) is 0 Å². The van der Waals surface area contributed by atoms with Crippen LogP contribution >= 0.6 is 0 Å². The van der Waals surface area contributed by atoms with E-state index >= 15 is 0 Å². The Kier molecular flexibility index (Phi) is 4.02. The van der Waals surface area contributed by atoms with Gasteiger partial charge in [-0.05, 0) is 48.9 Å². The van der Waals surface area contributed by atoms with Crippen molar-refractivity contribution in [3.05, 3.63) is 84.5 Å². The van der Waals surface area contributed by atoms with Gasteiger partial charge in [0, 0.05) is 23.8 Å². The number of hydrogen-bond acceptors (Lipinski definition) is 2. The second-order valence-corrected chi connectivity index (χ2v) is 5.16. The van der Waals surface area contributed by atoms with E-state index in [1.54, 1.807) is 0 Å². The van der Waals surface area contributed by atoms with Crippen LogP contribution in [0.25, 0.3) is 0 Å². The molecule has 20 heavy (non-hydrogen) atoms. The molecule has 0 aromatic carbocycles. The highest BCUT2D eigenvalue weighted by Crippen LogP contribution is 2.26. The van der Waals surface area contributed by atoms with Crippen molar-refractivity contribution in [2.45, 2.75) is 12.8 Å². The van der Waals surface area contributed by atoms with E-state index in [1.165, 1.54) is 0 Å². The van der Waals surface area contributed by atoms with E-state index in [-0.39, 0.29) is 0 Å². The summed E-state index contributed by atoms with van der Waals surface area (Å²) in [5.41, 5.74) is 2.31. The lowest BCUT2D eigenvalue weighted by Gasteiger charge is -2.20. The monoisotopic (exact) mass is 262 g/mol. The van der Waals surface area contributed by atoms with Crippen LogP contribution in [-0.2, 0) is 12.8 Å². The Balaban J connectivity index is 1.77. The fraction of sp³-hybridized carbons (Fsp3) is 0.222. The van der Waals surface area contributed by atoms with Crippen molar-refractivity contribution >= 4 is 0 Å². The lowest BCUT2D eigenvalue weighted by molar-refractivity contribution is 0.442. The van der Waals surface area contributed by atoms with Gasteiger partial charge in [-0.1, -0.05) is 36.4 Å². The molecule has 0 aliphatic heterocycles. The lowest BCUT2D eigenvalue weighted by Crippen LogP contribution is -2.17. The standard InChI is InChI=1S/C18H18N2/c1-2-8-15(7-1)16(13-17-9-3-5-11-19-17)14-18-10-4-6-12-20-18/h1-12,15-16H,13-14H2. The molecule has 0 radical (unpaired) electrons. The van der Waals surface area contributed by atoms with Crippen LogP contribution in [0.3, 0.4) is 0 Å². The molecular formula is C18H18N2. The number of nitrogens with zero attached hydrogens (tertiary/aromatic N) is 2. The third-order valence-electron chi connectivity index (χ3n) is 3.72. The van der Waals surface area contributed by atoms with Crippen LogP contribution in [0.4, 0.5) is 0 Å². The fourth-order valence-electron chi connectivity index (χ4n) is 2.68. The first-order valence-corrected chi connectivity index (χ1v) is 7.06. The Morgan fingerprint density at radius 1 is 0.800 bits per heavy atom. The fourth-order valence-corrected chi connectivity index (χ4v) is 2.68. The molecule has 0 fully saturated rings. The number of aromatic nitrogens is 2. The number of hydrogen-bond donors (Lipinski definition) is 0. The molecule has 0 saturated heterocycles. The number of pyridine rings is 2. The smallest absolute Gasteiger partial charge is 0.0406 e. The zero-order valence-electron chi connectivity index (χ0n) is 11.4. The van der Waals surface area contributed by atoms with E-state index in [0.29, 0.717) is 11.8 Å². The van der Waals surface area contributed by atoms with E-state index in [0.717, 1.165) is 24.2 Å². The summed E-state index contributed by atoms with van der Waals surface area (Å²) in [5.74, 6) is 0.994. The summed E-state index contributed by atoms with van der Waals surface area (Å²) in [4.78, 5) is 8.93. The van der Waals surface area contributed by atoms with E-state index in [2.05, 4.69) is 58.5 Å². The molecule has 0 N–H and O–H groups in total. The Hall–Kier alpha value is -2.22. The number of allylic oxidation sites excluding steroid dienone is 4. The molecule has 0 unspecified atom stereocenters. The van der Waals surface area contributed by atoms with E-state index in [4.69, 9.17) is 0 Å². The molecule has 2 aromatic heterocycles. The van der Waals surface area contributed by atoms with Gasteiger partial charge in [-0.3, -0.25) is 9.97 Å². The molecule has 100 valence electrons. The lowest BCUT2D eigenvalue weighted by atomic mass is 9.85. The van der Waals surface area contributed by atoms with Gasteiger partial charge in [0.05, 0.1) is 0 Å². The van der Waals surface area contributed by atoms with Crippen LogP contribution in [0.5, 0.6) is 0 Å². The maximum Gasteiger partial charge on any atom is 0.0406 e. The average molecular weight is 262 g/mol. The van der Waals surface area contributed by atoms with Gasteiger partial charge < -0.3 is 0 Å². The highest BCUT2D eigenvalue weighted by atomic mass is 14.7. The molecule has 2 heterocycles. The van der Waals surface area contributed by atoms with Crippen molar-refractivity contribution in [2.24, 2.45) is 11.8 Å². The summed E-state index contributed by atoms with van der Waals surface area (Å²) in [7, 11) is 0. The molecule has 0 bridgehead atoms. The van der Waals surface area contributed by atoms with Crippen molar-refractivity contribution in [2.75, 3.05) is 0 Å². The average Bonchev–Trinajstić information content (AvgIpc) is 3.03. The van der Waals surface area contributed by atoms with Crippen molar-refractivity contribution in [1.82, 2.24) is 9.97 Å². The minimum absolute atomic E-state index is 0.485. The van der Waals surface area contributed by atoms with Crippen LogP contribution in [0.15, 0.2) is 73.1 Å². The van der Waals surface area contributed by atoms with Gasteiger partial charge in [-0.2, -0.15) is 0 Å². The molecule has 0 spiro atoms. The van der Waals surface area contributed by atoms with Gasteiger partial charge in [0.2, 0.25) is 0 Å². The molecular weight excluding hydrogens is 244 g/mol. The Labute approximate surface area is 119 Å². The zero-order chi connectivity index (χ0) is 13.6. The second-order valence-electron chi connectivity index (χ2n) is 5.16. The molecule has 1 aliphatic carbocycles. The normalized spacial score (nSPS) is 14.2. The first kappa shape index (κ1) is 12.8. The Morgan fingerprint density at radius 3 is 1.80 bits per heavy atom. The topological polar surface area (TPSA) is 25.8 Å². The second kappa shape index (κ2) is 6.29. The summed E-state index contributed by atoms with van der Waals surface area (Å²) in [5, 5.41) is 0. The van der Waals surface area contributed by atoms with Crippen molar-refractivity contribution in [3.8, 4) is 0 Å². The van der Waals surface area contributed by atoms with Crippen LogP contribution in [0.2, 0.25) is 0 Å². The summed E-state index contributed by atoms with van der Waals surface area (Å²) < 4.78 is 0. The molecule has 0 saturated carbocycles. The number of rotatable bonds is 5. The summed E-state index contributed by atoms with van der Waals surface area (Å²) in [6.07, 6.45) is 14.5. The quantitative estimate of drug-likeness (QED) is 0.822. The minimum atomic E-state index is 0.485. The summed E-state index contributed by atoms with van der Waals surface area (Å²) in [6, 6.07) is 12.3. The van der Waals surface area contributed by atoms with Crippen molar-refractivity contribution < 1.29 is 0 Å². The molecule has 2 nitrogen and oxygen atoms in total. The molecule has 0 atom stereocenters. The Bertz CT molecular complexity index is 534. The highest BCUT2D eigenvalue weighted by molar-refractivity contribution is 5.21. The SMILES string of the molecule is C1=CC(C(Cc2ccccn2)Cc2ccccn2)C=C1. The van der Waals surface area contributed by atoms with Gasteiger partial charge in [0.1, 0.15) is 0 Å². The van der Waals surface area contributed by atoms with E-state index in [9.17, 15) is 0 Å². The third-order valence-corrected chi connectivity index (χ3v) is 3.72. The van der Waals surface area contributed by atoms with Crippen molar-refractivity contribution in [3.63, 3.8) is 0 Å². The maximum atomic E-state index is 4.46. The molecule has 2 heteroatoms. The molecule has 0 amide bonds. The van der Waals surface area contributed by atoms with Crippen LogP contribution in [0.1, 0.15) is 11.4 Å². The van der Waals surface area contributed by atoms with Gasteiger partial charge in [0.25, 0.3) is 0 Å². The predicted octanol–water partition coefficient (Wildman–Crippen LogP) is 3.62. The first-order valence-electron chi connectivity index (χ1n) is 7.06. The van der Waals surface area contributed by atoms with E-state index in [1.807, 2.05) is 24.5 Å². The first-order chi connectivity index (χ1) is 9.92. The van der Waals surface area contributed by atoms with Crippen LogP contribution in [-0.4, -0.2) is 9.97 Å². The largest absolute Gasteiger partial charge is 0.261 e. The molecule has 1 aliphatic rings. The molecule has 2 aromatic rings. The Morgan fingerprint density at radius 2 is 1.35 bits per heavy atom. The molecule has 3 rings (SSSR count). The van der Waals surface area contributed by atoms with Gasteiger partial charge in [0.15, 0.2) is 0 Å². The third kappa shape index (κ3) is 3.21. The minimum Gasteiger partial charge on any atom is -0.261 e. The summed E-state index contributed by atoms with van der Waals surface area (Å²) in [6.45, 7) is 0. The van der Waals surface area contributed by atoms with Gasteiger partial charge >= 0.3 is 0 Å². The van der Waals surface area contributed by atoms with Crippen LogP contribution < -0.4 is 0 Å². The zero-order valence-corrected chi connectivity index (χ0v) is 11.4. The van der Waals surface area contributed by atoms with Crippen molar-refractivity contribution in [1.29, 1.82) is 0 Å². The van der Waals surface area contributed by atoms with Crippen LogP contribution in [0, 0.1) is 11.8 Å². The summed E-state index contributed by atoms with van der Waals surface area (Å²) >= 11 is 0. The van der Waals surface area contributed by atoms with E-state index < -0.39 is 0 Å².